The van der Waals surface area contributed by atoms with E-state index in [9.17, 15) is 14.9 Å². The average molecular weight is 323 g/mol. The molecular formula is C13H17N5O3S. The maximum absolute atomic E-state index is 12.0. The van der Waals surface area contributed by atoms with Gasteiger partial charge >= 0.3 is 11.2 Å². The summed E-state index contributed by atoms with van der Waals surface area (Å²) in [5.74, 6) is 0.461. The molecule has 1 aliphatic carbocycles. The summed E-state index contributed by atoms with van der Waals surface area (Å²) in [6.07, 6.45) is 8.21. The molecule has 2 heterocycles. The highest BCUT2D eigenvalue weighted by Gasteiger charge is 2.23. The van der Waals surface area contributed by atoms with E-state index in [2.05, 4.69) is 10.1 Å². The maximum Gasteiger partial charge on any atom is 0.377 e. The lowest BCUT2D eigenvalue weighted by molar-refractivity contribution is -0.385. The molecule has 1 saturated carbocycles. The molecule has 1 aliphatic rings. The zero-order valence-corrected chi connectivity index (χ0v) is 12.8. The zero-order valence-electron chi connectivity index (χ0n) is 12.0. The van der Waals surface area contributed by atoms with Crippen LogP contribution in [0.1, 0.15) is 43.5 Å². The molecule has 0 aliphatic heterocycles. The van der Waals surface area contributed by atoms with E-state index in [0.29, 0.717) is 4.96 Å². The molecule has 22 heavy (non-hydrogen) atoms. The second-order valence-corrected chi connectivity index (χ2v) is 6.68. The van der Waals surface area contributed by atoms with Gasteiger partial charge in [0.25, 0.3) is 0 Å². The maximum atomic E-state index is 12.0. The van der Waals surface area contributed by atoms with Gasteiger partial charge in [-0.25, -0.2) is 0 Å². The second kappa shape index (κ2) is 5.99. The van der Waals surface area contributed by atoms with Crippen LogP contribution in [0.3, 0.4) is 0 Å². The van der Waals surface area contributed by atoms with Crippen molar-refractivity contribution < 1.29 is 4.92 Å². The Bertz CT molecular complexity index is 763. The molecule has 0 unspecified atom stereocenters. The highest BCUT2D eigenvalue weighted by Crippen LogP contribution is 2.29. The Morgan fingerprint density at radius 1 is 1.41 bits per heavy atom. The molecule has 0 bridgehead atoms. The minimum atomic E-state index is -0.814. The van der Waals surface area contributed by atoms with E-state index in [1.165, 1.54) is 43.4 Å². The Labute approximate surface area is 130 Å². The second-order valence-electron chi connectivity index (χ2n) is 5.64. The van der Waals surface area contributed by atoms with E-state index in [0.717, 1.165) is 28.3 Å². The number of fused-ring (bicyclic) bond motifs is 1. The smallest absolute Gasteiger partial charge is 0.377 e. The summed E-state index contributed by atoms with van der Waals surface area (Å²) in [5.41, 5.74) is 3.97. The Kier molecular flexibility index (Phi) is 4.06. The van der Waals surface area contributed by atoms with Crippen LogP contribution in [0, 0.1) is 16.0 Å². The third-order valence-electron chi connectivity index (χ3n) is 4.12. The molecule has 2 aromatic heterocycles. The first-order chi connectivity index (χ1) is 10.6. The van der Waals surface area contributed by atoms with Crippen LogP contribution in [0.15, 0.2) is 4.79 Å². The Balaban J connectivity index is 1.79. The van der Waals surface area contributed by atoms with E-state index in [4.69, 9.17) is 5.73 Å². The third-order valence-corrected chi connectivity index (χ3v) is 5.08. The van der Waals surface area contributed by atoms with Crippen molar-refractivity contribution in [2.24, 2.45) is 5.92 Å². The highest BCUT2D eigenvalue weighted by molar-refractivity contribution is 7.16. The van der Waals surface area contributed by atoms with Crippen LogP contribution in [0.5, 0.6) is 0 Å². The van der Waals surface area contributed by atoms with Gasteiger partial charge in [0.05, 0.1) is 4.92 Å². The van der Waals surface area contributed by atoms with Gasteiger partial charge < -0.3 is 5.73 Å². The lowest BCUT2D eigenvalue weighted by Gasteiger charge is -2.06. The van der Waals surface area contributed by atoms with Crippen LogP contribution in [0.4, 0.5) is 11.5 Å². The summed E-state index contributed by atoms with van der Waals surface area (Å²) in [7, 11) is 0. The van der Waals surface area contributed by atoms with Gasteiger partial charge in [-0.05, 0) is 12.3 Å². The minimum absolute atomic E-state index is 0.309. The fourth-order valence-electron chi connectivity index (χ4n) is 3.01. The molecule has 0 spiro atoms. The van der Waals surface area contributed by atoms with Crippen molar-refractivity contribution in [3.63, 3.8) is 0 Å². The van der Waals surface area contributed by atoms with E-state index in [-0.39, 0.29) is 5.82 Å². The first kappa shape index (κ1) is 14.9. The summed E-state index contributed by atoms with van der Waals surface area (Å²) in [5, 5.41) is 15.8. The van der Waals surface area contributed by atoms with Crippen molar-refractivity contribution in [1.29, 1.82) is 0 Å². The quantitative estimate of drug-likeness (QED) is 0.665. The summed E-state index contributed by atoms with van der Waals surface area (Å²) in [4.78, 5) is 26.3. The summed E-state index contributed by atoms with van der Waals surface area (Å²) in [6.45, 7) is 0. The lowest BCUT2D eigenvalue weighted by Crippen LogP contribution is -2.20. The van der Waals surface area contributed by atoms with E-state index in [1.54, 1.807) is 0 Å². The SMILES string of the molecule is Nc1nc2sc(CCCC3CCCC3)nn2c(=O)c1[N+](=O)[O-]. The fraction of sp³-hybridized carbons (Fsp3) is 0.615. The van der Waals surface area contributed by atoms with Crippen molar-refractivity contribution in [2.75, 3.05) is 5.73 Å². The van der Waals surface area contributed by atoms with Gasteiger partial charge in [-0.15, -0.1) is 0 Å². The normalized spacial score (nSPS) is 15.6. The molecule has 1 fully saturated rings. The first-order valence-electron chi connectivity index (χ1n) is 7.39. The standard InChI is InChI=1S/C13H17N5O3S/c14-11-10(18(20)21)12(19)17-13(15-11)22-9(16-17)7-3-6-8-4-1-2-5-8/h8H,1-7,14H2. The molecule has 2 N–H and O–H groups in total. The predicted molar refractivity (Wildman–Crippen MR) is 83.1 cm³/mol. The number of hydrogen-bond donors (Lipinski definition) is 1. The zero-order chi connectivity index (χ0) is 15.7. The number of nitro groups is 1. The van der Waals surface area contributed by atoms with Crippen LogP contribution in [-0.4, -0.2) is 19.5 Å². The predicted octanol–water partition coefficient (Wildman–Crippen LogP) is 2.15. The third kappa shape index (κ3) is 2.80. The van der Waals surface area contributed by atoms with Crippen LogP contribution in [0.25, 0.3) is 4.96 Å². The number of hydrogen-bond acceptors (Lipinski definition) is 7. The largest absolute Gasteiger partial charge is 0.378 e. The van der Waals surface area contributed by atoms with Gasteiger partial charge in [-0.2, -0.15) is 14.6 Å². The van der Waals surface area contributed by atoms with Crippen molar-refractivity contribution >= 4 is 27.8 Å². The fourth-order valence-corrected chi connectivity index (χ4v) is 3.94. The van der Waals surface area contributed by atoms with E-state index in [1.807, 2.05) is 0 Å². The summed E-state index contributed by atoms with van der Waals surface area (Å²) >= 11 is 1.27. The number of nitrogen functional groups attached to an aromatic ring is 1. The monoisotopic (exact) mass is 323 g/mol. The molecule has 0 amide bonds. The molecule has 9 heteroatoms. The lowest BCUT2D eigenvalue weighted by atomic mass is 10.0. The van der Waals surface area contributed by atoms with Crippen molar-refractivity contribution in [1.82, 2.24) is 14.6 Å². The molecular weight excluding hydrogens is 306 g/mol. The topological polar surface area (TPSA) is 116 Å². The number of nitrogens with two attached hydrogens (primary N) is 1. The van der Waals surface area contributed by atoms with Crippen LogP contribution >= 0.6 is 11.3 Å². The van der Waals surface area contributed by atoms with Gasteiger partial charge in [0.2, 0.25) is 10.8 Å². The first-order valence-corrected chi connectivity index (χ1v) is 8.20. The van der Waals surface area contributed by atoms with Crippen LogP contribution in [-0.2, 0) is 6.42 Å². The Hall–Kier alpha value is -2.03. The van der Waals surface area contributed by atoms with Crippen molar-refractivity contribution in [2.45, 2.75) is 44.9 Å². The molecule has 0 saturated heterocycles. The molecule has 2 aromatic rings. The van der Waals surface area contributed by atoms with Gasteiger partial charge in [0.1, 0.15) is 5.01 Å². The molecule has 0 radical (unpaired) electrons. The van der Waals surface area contributed by atoms with Crippen molar-refractivity contribution in [3.8, 4) is 0 Å². The number of rotatable bonds is 5. The van der Waals surface area contributed by atoms with E-state index >= 15 is 0 Å². The summed E-state index contributed by atoms with van der Waals surface area (Å²) in [6, 6.07) is 0. The Morgan fingerprint density at radius 3 is 2.82 bits per heavy atom. The number of aryl methyl sites for hydroxylation is 1. The van der Waals surface area contributed by atoms with Gasteiger partial charge in [-0.3, -0.25) is 14.9 Å². The van der Waals surface area contributed by atoms with Crippen LogP contribution in [0.2, 0.25) is 0 Å². The summed E-state index contributed by atoms with van der Waals surface area (Å²) < 4.78 is 0.990. The van der Waals surface area contributed by atoms with Crippen molar-refractivity contribution in [3.05, 3.63) is 25.5 Å². The average Bonchev–Trinajstić information content (AvgIpc) is 3.07. The number of nitrogens with zero attached hydrogens (tertiary/aromatic N) is 4. The minimum Gasteiger partial charge on any atom is -0.378 e. The van der Waals surface area contributed by atoms with Gasteiger partial charge in [0, 0.05) is 6.42 Å². The Morgan fingerprint density at radius 2 is 2.14 bits per heavy atom. The van der Waals surface area contributed by atoms with Crippen LogP contribution < -0.4 is 11.3 Å². The van der Waals surface area contributed by atoms with Gasteiger partial charge in [0.15, 0.2) is 0 Å². The van der Waals surface area contributed by atoms with E-state index < -0.39 is 16.2 Å². The number of anilines is 1. The molecule has 3 rings (SSSR count). The molecule has 118 valence electrons. The molecule has 8 nitrogen and oxygen atoms in total. The molecule has 0 aromatic carbocycles. The molecule has 0 atom stereocenters. The number of aromatic nitrogens is 3. The highest BCUT2D eigenvalue weighted by atomic mass is 32.1. The van der Waals surface area contributed by atoms with Gasteiger partial charge in [-0.1, -0.05) is 43.4 Å².